The average Bonchev–Trinajstić information content (AvgIpc) is 2.75. The van der Waals surface area contributed by atoms with E-state index in [1.54, 1.807) is 12.1 Å². The first-order chi connectivity index (χ1) is 14.4. The Hall–Kier alpha value is -3.82. The zero-order valence-electron chi connectivity index (χ0n) is 17.0. The fourth-order valence-corrected chi connectivity index (χ4v) is 2.92. The van der Waals surface area contributed by atoms with Gasteiger partial charge < -0.3 is 10.6 Å². The van der Waals surface area contributed by atoms with E-state index in [-0.39, 0.29) is 24.3 Å². The monoisotopic (exact) mass is 404 g/mol. The van der Waals surface area contributed by atoms with Crippen molar-refractivity contribution in [1.29, 1.82) is 5.26 Å². The van der Waals surface area contributed by atoms with Crippen molar-refractivity contribution in [3.05, 3.63) is 70.1 Å². The molecule has 0 bridgehead atoms. The smallest absolute Gasteiger partial charge is 0.251 e. The van der Waals surface area contributed by atoms with Crippen LogP contribution in [-0.4, -0.2) is 24.4 Å². The van der Waals surface area contributed by atoms with Crippen molar-refractivity contribution in [2.45, 2.75) is 32.9 Å². The molecule has 0 aliphatic carbocycles. The van der Waals surface area contributed by atoms with E-state index in [1.165, 1.54) is 0 Å². The van der Waals surface area contributed by atoms with Crippen LogP contribution in [0.5, 0.6) is 0 Å². The maximum absolute atomic E-state index is 12.6. The van der Waals surface area contributed by atoms with Crippen LogP contribution in [0, 0.1) is 17.2 Å². The van der Waals surface area contributed by atoms with Crippen LogP contribution >= 0.6 is 0 Å². The Balaban J connectivity index is 2.08. The van der Waals surface area contributed by atoms with E-state index in [0.29, 0.717) is 18.5 Å². The number of azide groups is 1. The fraction of sp³-hybridized carbons (Fsp3) is 0.318. The van der Waals surface area contributed by atoms with Crippen molar-refractivity contribution in [3.63, 3.8) is 0 Å². The first-order valence-electron chi connectivity index (χ1n) is 9.60. The number of carbonyl (C=O) groups is 2. The third-order valence-electron chi connectivity index (χ3n) is 4.42. The molecular weight excluding hydrogens is 380 g/mol. The minimum Gasteiger partial charge on any atom is -0.341 e. The van der Waals surface area contributed by atoms with Gasteiger partial charge in [0.05, 0.1) is 12.6 Å². The van der Waals surface area contributed by atoms with Crippen molar-refractivity contribution in [2.75, 3.05) is 6.54 Å². The standard InChI is InChI=1S/C22H24N6O2/c1-15(2)13-20(22(30)25-12-11-23)27-21(29)19-9-7-18(8-10-19)17-5-3-16(4-6-17)14-26-28-24/h3-10,15,20H,12-14H2,1-2H3,(H,25,30)(H,27,29)/t20-/m0/s1. The second kappa shape index (κ2) is 11.2. The maximum Gasteiger partial charge on any atom is 0.251 e. The minimum absolute atomic E-state index is 0.0976. The number of amides is 2. The summed E-state index contributed by atoms with van der Waals surface area (Å²) in [6, 6.07) is 15.9. The lowest BCUT2D eigenvalue weighted by Crippen LogP contribution is -2.47. The molecule has 0 radical (unpaired) electrons. The molecule has 154 valence electrons. The largest absolute Gasteiger partial charge is 0.341 e. The molecule has 2 rings (SSSR count). The van der Waals surface area contributed by atoms with Crippen molar-refractivity contribution < 1.29 is 9.59 Å². The van der Waals surface area contributed by atoms with Crippen molar-refractivity contribution >= 4 is 11.8 Å². The highest BCUT2D eigenvalue weighted by molar-refractivity contribution is 5.97. The predicted molar refractivity (Wildman–Crippen MR) is 114 cm³/mol. The summed E-state index contributed by atoms with van der Waals surface area (Å²) in [7, 11) is 0. The fourth-order valence-electron chi connectivity index (χ4n) is 2.92. The zero-order valence-corrected chi connectivity index (χ0v) is 17.0. The Morgan fingerprint density at radius 1 is 1.10 bits per heavy atom. The number of nitrogens with one attached hydrogen (secondary N) is 2. The van der Waals surface area contributed by atoms with Gasteiger partial charge in [-0.1, -0.05) is 55.4 Å². The summed E-state index contributed by atoms with van der Waals surface area (Å²) >= 11 is 0. The van der Waals surface area contributed by atoms with E-state index in [4.69, 9.17) is 10.8 Å². The van der Waals surface area contributed by atoms with E-state index < -0.39 is 6.04 Å². The predicted octanol–water partition coefficient (Wildman–Crippen LogP) is 3.95. The van der Waals surface area contributed by atoms with Crippen LogP contribution in [0.2, 0.25) is 0 Å². The van der Waals surface area contributed by atoms with Crippen LogP contribution in [0.25, 0.3) is 21.6 Å². The highest BCUT2D eigenvalue weighted by Gasteiger charge is 2.22. The molecule has 0 aliphatic rings. The second-order valence-corrected chi connectivity index (χ2v) is 7.19. The molecular formula is C22H24N6O2. The number of carbonyl (C=O) groups excluding carboxylic acids is 2. The molecule has 0 unspecified atom stereocenters. The zero-order chi connectivity index (χ0) is 21.9. The number of hydrogen-bond donors (Lipinski definition) is 2. The molecule has 0 spiro atoms. The minimum atomic E-state index is -0.700. The van der Waals surface area contributed by atoms with Gasteiger partial charge in [-0.3, -0.25) is 9.59 Å². The van der Waals surface area contributed by atoms with E-state index in [9.17, 15) is 9.59 Å². The van der Waals surface area contributed by atoms with Crippen LogP contribution in [-0.2, 0) is 11.3 Å². The number of nitriles is 1. The number of hydrogen-bond acceptors (Lipinski definition) is 4. The molecule has 0 heterocycles. The van der Waals surface area contributed by atoms with E-state index in [1.807, 2.05) is 56.3 Å². The summed E-state index contributed by atoms with van der Waals surface area (Å²) in [4.78, 5) is 27.6. The second-order valence-electron chi connectivity index (χ2n) is 7.19. The maximum atomic E-state index is 12.6. The van der Waals surface area contributed by atoms with Gasteiger partial charge in [-0.05, 0) is 46.7 Å². The Labute approximate surface area is 175 Å². The van der Waals surface area contributed by atoms with Crippen molar-refractivity contribution in [2.24, 2.45) is 11.0 Å². The number of nitrogens with zero attached hydrogens (tertiary/aromatic N) is 4. The Kier molecular flexibility index (Phi) is 8.42. The molecule has 0 fully saturated rings. The van der Waals surface area contributed by atoms with Gasteiger partial charge in [0.15, 0.2) is 0 Å². The van der Waals surface area contributed by atoms with Gasteiger partial charge in [0.1, 0.15) is 12.6 Å². The highest BCUT2D eigenvalue weighted by atomic mass is 16.2. The molecule has 1 atom stereocenters. The summed E-state index contributed by atoms with van der Waals surface area (Å²) in [5.41, 5.74) is 11.7. The van der Waals surface area contributed by atoms with Crippen LogP contribution in [0.3, 0.4) is 0 Å². The highest BCUT2D eigenvalue weighted by Crippen LogP contribution is 2.21. The van der Waals surface area contributed by atoms with Crippen LogP contribution < -0.4 is 10.6 Å². The summed E-state index contributed by atoms with van der Waals surface area (Å²) in [5, 5.41) is 17.4. The molecule has 0 aromatic heterocycles. The van der Waals surface area contributed by atoms with E-state index in [0.717, 1.165) is 16.7 Å². The van der Waals surface area contributed by atoms with Gasteiger partial charge in [0.25, 0.3) is 5.91 Å². The van der Waals surface area contributed by atoms with E-state index >= 15 is 0 Å². The molecule has 8 nitrogen and oxygen atoms in total. The molecule has 0 saturated heterocycles. The lowest BCUT2D eigenvalue weighted by molar-refractivity contribution is -0.123. The summed E-state index contributed by atoms with van der Waals surface area (Å²) in [6.45, 7) is 4.13. The molecule has 2 N–H and O–H groups in total. The topological polar surface area (TPSA) is 131 Å². The quantitative estimate of drug-likeness (QED) is 0.284. The Morgan fingerprint density at radius 3 is 2.23 bits per heavy atom. The summed E-state index contributed by atoms with van der Waals surface area (Å²) in [6.07, 6.45) is 0.475. The molecule has 2 aromatic carbocycles. The molecule has 0 aliphatic heterocycles. The van der Waals surface area contributed by atoms with Crippen LogP contribution in [0.4, 0.5) is 0 Å². The number of rotatable bonds is 9. The first kappa shape index (κ1) is 22.5. The van der Waals surface area contributed by atoms with Gasteiger partial charge in [-0.2, -0.15) is 5.26 Å². The molecule has 0 saturated carbocycles. The first-order valence-corrected chi connectivity index (χ1v) is 9.60. The van der Waals surface area contributed by atoms with Crippen LogP contribution in [0.15, 0.2) is 53.6 Å². The lowest BCUT2D eigenvalue weighted by atomic mass is 10.0. The molecule has 30 heavy (non-hydrogen) atoms. The summed E-state index contributed by atoms with van der Waals surface area (Å²) in [5.74, 6) is -0.507. The third kappa shape index (κ3) is 6.66. The molecule has 8 heteroatoms. The lowest BCUT2D eigenvalue weighted by Gasteiger charge is -2.19. The number of benzene rings is 2. The van der Waals surface area contributed by atoms with Crippen LogP contribution in [0.1, 0.15) is 36.2 Å². The average molecular weight is 404 g/mol. The van der Waals surface area contributed by atoms with E-state index in [2.05, 4.69) is 20.7 Å². The third-order valence-corrected chi connectivity index (χ3v) is 4.42. The van der Waals surface area contributed by atoms with Gasteiger partial charge >= 0.3 is 0 Å². The SMILES string of the molecule is CC(C)C[C@H](NC(=O)c1ccc(-c2ccc(CN=[N+]=[N-])cc2)cc1)C(=O)NCC#N. The molecule has 2 amide bonds. The Bertz CT molecular complexity index is 955. The van der Waals surface area contributed by atoms with Gasteiger partial charge in [-0.15, -0.1) is 0 Å². The van der Waals surface area contributed by atoms with Crippen molar-refractivity contribution in [1.82, 2.24) is 10.6 Å². The van der Waals surface area contributed by atoms with Gasteiger partial charge in [-0.25, -0.2) is 0 Å². The Morgan fingerprint density at radius 2 is 1.70 bits per heavy atom. The normalized spacial score (nSPS) is 11.1. The summed E-state index contributed by atoms with van der Waals surface area (Å²) < 4.78 is 0. The van der Waals surface area contributed by atoms with Gasteiger partial charge in [0.2, 0.25) is 5.91 Å². The van der Waals surface area contributed by atoms with Gasteiger partial charge in [0, 0.05) is 10.5 Å². The molecule has 2 aromatic rings. The van der Waals surface area contributed by atoms with Crippen molar-refractivity contribution in [3.8, 4) is 17.2 Å².